The lowest BCUT2D eigenvalue weighted by Gasteiger charge is -2.27. The number of halogens is 3. The molecular formula is C13H20F3N3O2. The fourth-order valence-corrected chi connectivity index (χ4v) is 2.94. The van der Waals surface area contributed by atoms with Crippen LogP contribution in [-0.4, -0.2) is 60.1 Å². The second-order valence-corrected chi connectivity index (χ2v) is 5.54. The predicted molar refractivity (Wildman–Crippen MR) is 69.6 cm³/mol. The van der Waals surface area contributed by atoms with Gasteiger partial charge in [-0.1, -0.05) is 0 Å². The molecule has 2 saturated heterocycles. The molecule has 2 aliphatic heterocycles. The third-order valence-corrected chi connectivity index (χ3v) is 3.98. The fourth-order valence-electron chi connectivity index (χ4n) is 2.94. The summed E-state index contributed by atoms with van der Waals surface area (Å²) in [6.07, 6.45) is -0.822. The van der Waals surface area contributed by atoms with Crippen LogP contribution in [-0.2, 0) is 4.79 Å². The smallest absolute Gasteiger partial charge is 0.340 e. The van der Waals surface area contributed by atoms with Crippen LogP contribution in [0.1, 0.15) is 32.1 Å². The van der Waals surface area contributed by atoms with Crippen molar-refractivity contribution in [2.75, 3.05) is 26.2 Å². The molecular weight excluding hydrogens is 287 g/mol. The van der Waals surface area contributed by atoms with Crippen molar-refractivity contribution in [2.24, 2.45) is 0 Å². The summed E-state index contributed by atoms with van der Waals surface area (Å²) in [5.41, 5.74) is 0. The minimum atomic E-state index is -4.40. The molecule has 0 radical (unpaired) electrons. The second kappa shape index (κ2) is 6.53. The van der Waals surface area contributed by atoms with E-state index in [0.29, 0.717) is 32.4 Å². The minimum Gasteiger partial charge on any atom is -0.340 e. The number of hydrogen-bond donors (Lipinski definition) is 1. The first-order chi connectivity index (χ1) is 9.87. The van der Waals surface area contributed by atoms with Crippen molar-refractivity contribution < 1.29 is 22.8 Å². The van der Waals surface area contributed by atoms with E-state index in [1.165, 1.54) is 4.90 Å². The van der Waals surface area contributed by atoms with E-state index < -0.39 is 18.8 Å². The summed E-state index contributed by atoms with van der Waals surface area (Å²) in [6.45, 7) is 0.264. The first kappa shape index (κ1) is 15.9. The quantitative estimate of drug-likeness (QED) is 0.845. The molecule has 21 heavy (non-hydrogen) atoms. The molecule has 0 aromatic heterocycles. The maximum atomic E-state index is 12.1. The molecule has 1 N–H and O–H groups in total. The maximum absolute atomic E-state index is 12.1. The molecule has 5 nitrogen and oxygen atoms in total. The van der Waals surface area contributed by atoms with E-state index in [-0.39, 0.29) is 11.9 Å². The Morgan fingerprint density at radius 3 is 2.57 bits per heavy atom. The van der Waals surface area contributed by atoms with Gasteiger partial charge in [0.2, 0.25) is 5.91 Å². The summed E-state index contributed by atoms with van der Waals surface area (Å²) in [6, 6.07) is -0.568. The molecule has 2 rings (SSSR count). The van der Waals surface area contributed by atoms with Gasteiger partial charge in [-0.2, -0.15) is 13.2 Å². The Morgan fingerprint density at radius 1 is 1.19 bits per heavy atom. The number of carbonyl (C=O) groups excluding carboxylic acids is 2. The first-order valence-electron chi connectivity index (χ1n) is 7.26. The number of likely N-dealkylation sites (tertiary alicyclic amines) is 2. The molecule has 0 spiro atoms. The summed E-state index contributed by atoms with van der Waals surface area (Å²) in [7, 11) is 0. The Balaban J connectivity index is 1.83. The minimum absolute atomic E-state index is 0.111. The molecule has 3 amide bonds. The second-order valence-electron chi connectivity index (χ2n) is 5.54. The lowest BCUT2D eigenvalue weighted by molar-refractivity contribution is -0.130. The zero-order valence-corrected chi connectivity index (χ0v) is 11.8. The van der Waals surface area contributed by atoms with Crippen LogP contribution in [0.15, 0.2) is 0 Å². The Hall–Kier alpha value is -1.47. The lowest BCUT2D eigenvalue weighted by Crippen LogP contribution is -2.44. The van der Waals surface area contributed by atoms with Crippen molar-refractivity contribution in [3.05, 3.63) is 0 Å². The van der Waals surface area contributed by atoms with E-state index >= 15 is 0 Å². The molecule has 0 saturated carbocycles. The number of carbonyl (C=O) groups is 2. The number of nitrogens with one attached hydrogen (secondary N) is 1. The van der Waals surface area contributed by atoms with Crippen LogP contribution in [0.3, 0.4) is 0 Å². The zero-order chi connectivity index (χ0) is 15.5. The van der Waals surface area contributed by atoms with E-state index in [4.69, 9.17) is 0 Å². The van der Waals surface area contributed by atoms with Crippen molar-refractivity contribution in [3.63, 3.8) is 0 Å². The molecule has 2 aliphatic rings. The van der Waals surface area contributed by atoms with Gasteiger partial charge in [-0.3, -0.25) is 4.79 Å². The number of hydrogen-bond acceptors (Lipinski definition) is 2. The number of amides is 3. The van der Waals surface area contributed by atoms with Crippen LogP contribution in [0, 0.1) is 0 Å². The Bertz CT molecular complexity index is 401. The van der Waals surface area contributed by atoms with Gasteiger partial charge in [0.1, 0.15) is 6.54 Å². The Kier molecular flexibility index (Phi) is 4.95. The van der Waals surface area contributed by atoms with Gasteiger partial charge in [0, 0.05) is 32.1 Å². The average molecular weight is 307 g/mol. The molecule has 2 heterocycles. The van der Waals surface area contributed by atoms with E-state index in [0.717, 1.165) is 19.4 Å². The molecule has 0 aliphatic carbocycles. The van der Waals surface area contributed by atoms with Gasteiger partial charge >= 0.3 is 12.2 Å². The normalized spacial score (nSPS) is 24.1. The van der Waals surface area contributed by atoms with Crippen LogP contribution in [0.25, 0.3) is 0 Å². The largest absolute Gasteiger partial charge is 0.405 e. The third kappa shape index (κ3) is 4.50. The van der Waals surface area contributed by atoms with E-state index in [1.807, 2.05) is 10.2 Å². The molecule has 2 fully saturated rings. The van der Waals surface area contributed by atoms with E-state index in [1.54, 1.807) is 0 Å². The monoisotopic (exact) mass is 307 g/mol. The number of urea groups is 1. The summed E-state index contributed by atoms with van der Waals surface area (Å²) in [5.74, 6) is 0.148. The summed E-state index contributed by atoms with van der Waals surface area (Å²) < 4.78 is 36.3. The lowest BCUT2D eigenvalue weighted by atomic mass is 10.1. The van der Waals surface area contributed by atoms with Crippen LogP contribution in [0.5, 0.6) is 0 Å². The van der Waals surface area contributed by atoms with Gasteiger partial charge in [0.15, 0.2) is 0 Å². The van der Waals surface area contributed by atoms with Crippen LogP contribution in [0.4, 0.5) is 18.0 Å². The molecule has 1 unspecified atom stereocenters. The number of nitrogens with zero attached hydrogens (tertiary/aromatic N) is 2. The predicted octanol–water partition coefficient (Wildman–Crippen LogP) is 1.74. The highest BCUT2D eigenvalue weighted by molar-refractivity contribution is 5.78. The maximum Gasteiger partial charge on any atom is 0.405 e. The highest BCUT2D eigenvalue weighted by Gasteiger charge is 2.32. The Morgan fingerprint density at radius 2 is 1.95 bits per heavy atom. The zero-order valence-electron chi connectivity index (χ0n) is 11.8. The number of rotatable bonds is 2. The van der Waals surface area contributed by atoms with Gasteiger partial charge < -0.3 is 15.1 Å². The highest BCUT2D eigenvalue weighted by atomic mass is 19.4. The van der Waals surface area contributed by atoms with Crippen molar-refractivity contribution in [2.45, 2.75) is 44.3 Å². The van der Waals surface area contributed by atoms with Crippen molar-refractivity contribution >= 4 is 11.9 Å². The van der Waals surface area contributed by atoms with E-state index in [2.05, 4.69) is 0 Å². The standard InChI is InChI=1S/C13H20F3N3O2/c14-13(15,16)9-17-12(21)18-6-1-3-10(5-8-18)19-7-2-4-11(19)20/h10H,1-9H2,(H,17,21). The summed E-state index contributed by atoms with van der Waals surface area (Å²) in [5, 5.41) is 1.89. The molecule has 120 valence electrons. The SMILES string of the molecule is O=C(NCC(F)(F)F)N1CCCC(N2CCCC2=O)CC1. The van der Waals surface area contributed by atoms with Crippen molar-refractivity contribution in [3.8, 4) is 0 Å². The summed E-state index contributed by atoms with van der Waals surface area (Å²) in [4.78, 5) is 26.7. The Labute approximate surface area is 121 Å². The van der Waals surface area contributed by atoms with Gasteiger partial charge in [-0.25, -0.2) is 4.79 Å². The third-order valence-electron chi connectivity index (χ3n) is 3.98. The topological polar surface area (TPSA) is 52.7 Å². The van der Waals surface area contributed by atoms with Crippen LogP contribution < -0.4 is 5.32 Å². The fraction of sp³-hybridized carbons (Fsp3) is 0.846. The summed E-state index contributed by atoms with van der Waals surface area (Å²) >= 11 is 0. The molecule has 1 atom stereocenters. The molecule has 0 aromatic carbocycles. The molecule has 0 aromatic rings. The molecule has 0 bridgehead atoms. The van der Waals surface area contributed by atoms with Crippen molar-refractivity contribution in [1.29, 1.82) is 0 Å². The average Bonchev–Trinajstić information content (AvgIpc) is 2.69. The van der Waals surface area contributed by atoms with Crippen molar-refractivity contribution in [1.82, 2.24) is 15.1 Å². The first-order valence-corrected chi connectivity index (χ1v) is 7.26. The van der Waals surface area contributed by atoms with Gasteiger partial charge in [0.05, 0.1) is 0 Å². The van der Waals surface area contributed by atoms with E-state index in [9.17, 15) is 22.8 Å². The van der Waals surface area contributed by atoms with Crippen LogP contribution >= 0.6 is 0 Å². The van der Waals surface area contributed by atoms with Gasteiger partial charge in [-0.05, 0) is 25.7 Å². The van der Waals surface area contributed by atoms with Gasteiger partial charge in [-0.15, -0.1) is 0 Å². The molecule has 8 heteroatoms. The van der Waals surface area contributed by atoms with Gasteiger partial charge in [0.25, 0.3) is 0 Å². The van der Waals surface area contributed by atoms with Crippen LogP contribution in [0.2, 0.25) is 0 Å². The number of alkyl halides is 3. The highest BCUT2D eigenvalue weighted by Crippen LogP contribution is 2.22.